The first-order valence-electron chi connectivity index (χ1n) is 10.2. The van der Waals surface area contributed by atoms with Crippen LogP contribution >= 0.6 is 0 Å². The van der Waals surface area contributed by atoms with Crippen molar-refractivity contribution in [3.05, 3.63) is 64.1 Å². The number of methoxy groups -OCH3 is 1. The molecule has 30 heavy (non-hydrogen) atoms. The van der Waals surface area contributed by atoms with Gasteiger partial charge >= 0.3 is 6.03 Å². The molecule has 2 bridgehead atoms. The number of hydrogen-bond donors (Lipinski definition) is 2. The lowest BCUT2D eigenvalue weighted by Gasteiger charge is -2.42. The van der Waals surface area contributed by atoms with Crippen LogP contribution in [0.1, 0.15) is 28.4 Å². The number of nitrogens with one attached hydrogen (secondary N) is 2. The van der Waals surface area contributed by atoms with Crippen LogP contribution in [0, 0.1) is 5.92 Å². The van der Waals surface area contributed by atoms with Crippen molar-refractivity contribution in [1.82, 2.24) is 14.8 Å². The van der Waals surface area contributed by atoms with Gasteiger partial charge in [0.2, 0.25) is 0 Å². The Labute approximate surface area is 174 Å². The number of aromatic nitrogens is 1. The lowest BCUT2D eigenvalue weighted by molar-refractivity contribution is 0.0938. The average molecular weight is 410 g/mol. The first-order valence-corrected chi connectivity index (χ1v) is 10.2. The summed E-state index contributed by atoms with van der Waals surface area (Å²) < 4.78 is 6.80. The topological polar surface area (TPSA) is 92.7 Å². The standard InChI is InChI=1S/C22H26N4O4/c1-30-10-9-23-21(28)17-5-2-3-6-18(17)24-22(29)25-12-15-11-16(14-25)19-7-4-8-20(27)26(19)13-15/h2-8,15-16H,9-14H2,1H3,(H,23,28)(H,24,29)/t15-,16+/m0/s1. The highest BCUT2D eigenvalue weighted by Crippen LogP contribution is 2.35. The largest absolute Gasteiger partial charge is 0.383 e. The second-order valence-corrected chi connectivity index (χ2v) is 7.83. The summed E-state index contributed by atoms with van der Waals surface area (Å²) in [6.07, 6.45) is 0.978. The second-order valence-electron chi connectivity index (χ2n) is 7.83. The Morgan fingerprint density at radius 1 is 1.10 bits per heavy atom. The van der Waals surface area contributed by atoms with Gasteiger partial charge in [-0.3, -0.25) is 9.59 Å². The molecule has 1 aromatic carbocycles. The molecule has 0 saturated carbocycles. The van der Waals surface area contributed by atoms with Crippen molar-refractivity contribution in [2.75, 3.05) is 38.7 Å². The monoisotopic (exact) mass is 410 g/mol. The number of nitrogens with zero attached hydrogens (tertiary/aromatic N) is 2. The molecule has 4 rings (SSSR count). The van der Waals surface area contributed by atoms with Gasteiger partial charge in [-0.1, -0.05) is 18.2 Å². The Morgan fingerprint density at radius 2 is 1.93 bits per heavy atom. The number of para-hydroxylation sites is 1. The summed E-state index contributed by atoms with van der Waals surface area (Å²) in [5, 5.41) is 5.68. The van der Waals surface area contributed by atoms with Crippen molar-refractivity contribution in [3.63, 3.8) is 0 Å². The highest BCUT2D eigenvalue weighted by molar-refractivity contribution is 6.03. The number of ether oxygens (including phenoxy) is 1. The van der Waals surface area contributed by atoms with Gasteiger partial charge in [-0.05, 0) is 30.5 Å². The lowest BCUT2D eigenvalue weighted by Crippen LogP contribution is -2.50. The van der Waals surface area contributed by atoms with Crippen molar-refractivity contribution < 1.29 is 14.3 Å². The van der Waals surface area contributed by atoms with Gasteiger partial charge in [0, 0.05) is 51.0 Å². The van der Waals surface area contributed by atoms with Crippen LogP contribution in [-0.4, -0.2) is 54.8 Å². The number of carbonyl (C=O) groups excluding carboxylic acids is 2. The molecule has 158 valence electrons. The molecule has 2 aliphatic heterocycles. The third kappa shape index (κ3) is 4.09. The summed E-state index contributed by atoms with van der Waals surface area (Å²) >= 11 is 0. The number of hydrogen-bond acceptors (Lipinski definition) is 4. The molecule has 0 radical (unpaired) electrons. The van der Waals surface area contributed by atoms with E-state index in [2.05, 4.69) is 10.6 Å². The molecule has 1 aromatic heterocycles. The van der Waals surface area contributed by atoms with Crippen LogP contribution < -0.4 is 16.2 Å². The minimum absolute atomic E-state index is 0.0218. The molecular weight excluding hydrogens is 384 g/mol. The normalized spacial score (nSPS) is 19.7. The fraction of sp³-hybridized carbons (Fsp3) is 0.409. The van der Waals surface area contributed by atoms with Crippen LogP contribution in [0.4, 0.5) is 10.5 Å². The summed E-state index contributed by atoms with van der Waals surface area (Å²) in [5.74, 6) is 0.131. The second kappa shape index (κ2) is 8.71. The lowest BCUT2D eigenvalue weighted by atomic mass is 9.83. The number of piperidine rings is 1. The van der Waals surface area contributed by atoms with E-state index in [1.54, 1.807) is 48.4 Å². The third-order valence-electron chi connectivity index (χ3n) is 5.77. The molecule has 3 amide bonds. The molecular formula is C22H26N4O4. The number of pyridine rings is 1. The number of urea groups is 1. The van der Waals surface area contributed by atoms with Gasteiger partial charge in [0.25, 0.3) is 11.5 Å². The van der Waals surface area contributed by atoms with E-state index in [9.17, 15) is 14.4 Å². The predicted octanol–water partition coefficient (Wildman–Crippen LogP) is 1.88. The summed E-state index contributed by atoms with van der Waals surface area (Å²) in [4.78, 5) is 39.4. The van der Waals surface area contributed by atoms with Gasteiger partial charge in [-0.2, -0.15) is 0 Å². The van der Waals surface area contributed by atoms with Crippen LogP contribution in [0.25, 0.3) is 0 Å². The van der Waals surface area contributed by atoms with Gasteiger partial charge in [0.15, 0.2) is 0 Å². The molecule has 2 atom stereocenters. The van der Waals surface area contributed by atoms with Crippen LogP contribution in [0.5, 0.6) is 0 Å². The van der Waals surface area contributed by atoms with Gasteiger partial charge in [0.05, 0.1) is 17.9 Å². The Kier molecular flexibility index (Phi) is 5.85. The minimum atomic E-state index is -0.258. The number of benzene rings is 1. The Bertz CT molecular complexity index is 1000. The maximum absolute atomic E-state index is 13.0. The van der Waals surface area contributed by atoms with E-state index < -0.39 is 0 Å². The number of amides is 3. The molecule has 0 aliphatic carbocycles. The molecule has 2 aromatic rings. The zero-order valence-corrected chi connectivity index (χ0v) is 17.0. The minimum Gasteiger partial charge on any atom is -0.383 e. The van der Waals surface area contributed by atoms with E-state index in [0.717, 1.165) is 12.1 Å². The Morgan fingerprint density at radius 3 is 2.77 bits per heavy atom. The maximum atomic E-state index is 13.0. The highest BCUT2D eigenvalue weighted by atomic mass is 16.5. The SMILES string of the molecule is COCCNC(=O)c1ccccc1NC(=O)N1C[C@@H]2C[C@H](C1)c1cccc(=O)n1C2. The quantitative estimate of drug-likeness (QED) is 0.736. The molecule has 1 fully saturated rings. The van der Waals surface area contributed by atoms with Crippen LogP contribution in [-0.2, 0) is 11.3 Å². The Balaban J connectivity index is 1.47. The maximum Gasteiger partial charge on any atom is 0.321 e. The van der Waals surface area contributed by atoms with Crippen molar-refractivity contribution >= 4 is 17.6 Å². The van der Waals surface area contributed by atoms with E-state index in [4.69, 9.17) is 4.74 Å². The average Bonchev–Trinajstić information content (AvgIpc) is 2.75. The first-order chi connectivity index (χ1) is 14.6. The number of carbonyl (C=O) groups is 2. The van der Waals surface area contributed by atoms with Crippen LogP contribution in [0.3, 0.4) is 0 Å². The molecule has 8 heteroatoms. The molecule has 8 nitrogen and oxygen atoms in total. The summed E-state index contributed by atoms with van der Waals surface area (Å²) in [6.45, 7) is 2.58. The zero-order chi connectivity index (χ0) is 21.1. The van der Waals surface area contributed by atoms with E-state index in [1.165, 1.54) is 0 Å². The zero-order valence-electron chi connectivity index (χ0n) is 17.0. The predicted molar refractivity (Wildman–Crippen MR) is 113 cm³/mol. The highest BCUT2D eigenvalue weighted by Gasteiger charge is 2.36. The fourth-order valence-electron chi connectivity index (χ4n) is 4.41. The van der Waals surface area contributed by atoms with E-state index >= 15 is 0 Å². The van der Waals surface area contributed by atoms with Gasteiger partial charge in [0.1, 0.15) is 0 Å². The fourth-order valence-corrected chi connectivity index (χ4v) is 4.41. The van der Waals surface area contributed by atoms with Gasteiger partial charge < -0.3 is 24.8 Å². The molecule has 2 aliphatic rings. The molecule has 0 spiro atoms. The van der Waals surface area contributed by atoms with E-state index in [-0.39, 0.29) is 29.3 Å². The third-order valence-corrected chi connectivity index (χ3v) is 5.77. The molecule has 2 N–H and O–H groups in total. The van der Waals surface area contributed by atoms with Crippen LogP contribution in [0.2, 0.25) is 0 Å². The summed E-state index contributed by atoms with van der Waals surface area (Å²) in [5.41, 5.74) is 1.91. The van der Waals surface area contributed by atoms with E-state index in [0.29, 0.717) is 44.0 Å². The molecule has 1 saturated heterocycles. The summed E-state index contributed by atoms with van der Waals surface area (Å²) in [7, 11) is 1.57. The first kappa shape index (κ1) is 20.2. The smallest absolute Gasteiger partial charge is 0.321 e. The van der Waals surface area contributed by atoms with E-state index in [1.807, 2.05) is 10.6 Å². The van der Waals surface area contributed by atoms with Crippen molar-refractivity contribution in [3.8, 4) is 0 Å². The Hall–Kier alpha value is -3.13. The van der Waals surface area contributed by atoms with Crippen molar-refractivity contribution in [2.24, 2.45) is 5.92 Å². The van der Waals surface area contributed by atoms with Crippen molar-refractivity contribution in [1.29, 1.82) is 0 Å². The number of likely N-dealkylation sites (tertiary alicyclic amines) is 1. The van der Waals surface area contributed by atoms with Crippen LogP contribution in [0.15, 0.2) is 47.3 Å². The number of anilines is 1. The number of fused-ring (bicyclic) bond motifs is 4. The van der Waals surface area contributed by atoms with Crippen molar-refractivity contribution in [2.45, 2.75) is 18.9 Å². The molecule has 3 heterocycles. The van der Waals surface area contributed by atoms with Gasteiger partial charge in [-0.25, -0.2) is 4.79 Å². The summed E-state index contributed by atoms with van der Waals surface area (Å²) in [6, 6.07) is 12.1. The van der Waals surface area contributed by atoms with Gasteiger partial charge in [-0.15, -0.1) is 0 Å². The number of rotatable bonds is 5. The molecule has 0 unspecified atom stereocenters.